The molecule has 148 valence electrons. The molecule has 2 aliphatic heterocycles. The maximum Gasteiger partial charge on any atom is 0.274 e. The number of nitrogens with zero attached hydrogens (tertiary/aromatic N) is 6. The number of aromatic nitrogens is 3. The van der Waals surface area contributed by atoms with E-state index in [2.05, 4.69) is 31.7 Å². The summed E-state index contributed by atoms with van der Waals surface area (Å²) in [6.45, 7) is 6.49. The van der Waals surface area contributed by atoms with Crippen molar-refractivity contribution in [2.45, 2.75) is 38.6 Å². The van der Waals surface area contributed by atoms with Gasteiger partial charge in [0, 0.05) is 45.0 Å². The normalized spacial score (nSPS) is 20.3. The lowest BCUT2D eigenvalue weighted by atomic mass is 10.00. The number of piperidine rings is 1. The Hall–Kier alpha value is -2.70. The van der Waals surface area contributed by atoms with Gasteiger partial charge < -0.3 is 14.7 Å². The molecule has 0 radical (unpaired) electrons. The van der Waals surface area contributed by atoms with E-state index in [-0.39, 0.29) is 5.91 Å². The van der Waals surface area contributed by atoms with Crippen LogP contribution >= 0.6 is 0 Å². The second-order valence-corrected chi connectivity index (χ2v) is 7.48. The van der Waals surface area contributed by atoms with Crippen molar-refractivity contribution in [3.63, 3.8) is 0 Å². The molecule has 2 aromatic rings. The Kier molecular flexibility index (Phi) is 5.69. The lowest BCUT2D eigenvalue weighted by molar-refractivity contribution is 0.0601. The van der Waals surface area contributed by atoms with Crippen molar-refractivity contribution in [2.24, 2.45) is 0 Å². The summed E-state index contributed by atoms with van der Waals surface area (Å²) in [5, 5.41) is 0. The number of likely N-dealkylation sites (tertiary alicyclic amines) is 1. The van der Waals surface area contributed by atoms with Crippen LogP contribution in [0.4, 0.5) is 11.6 Å². The summed E-state index contributed by atoms with van der Waals surface area (Å²) in [6.07, 6.45) is 9.59. The second-order valence-electron chi connectivity index (χ2n) is 7.48. The van der Waals surface area contributed by atoms with Gasteiger partial charge in [-0.1, -0.05) is 13.0 Å². The minimum Gasteiger partial charge on any atom is -0.353 e. The van der Waals surface area contributed by atoms with Crippen LogP contribution in [0, 0.1) is 0 Å². The average molecular weight is 380 g/mol. The molecule has 2 saturated heterocycles. The molecule has 0 aliphatic carbocycles. The van der Waals surface area contributed by atoms with Gasteiger partial charge in [-0.25, -0.2) is 15.0 Å². The van der Waals surface area contributed by atoms with Crippen LogP contribution in [0.5, 0.6) is 0 Å². The van der Waals surface area contributed by atoms with Gasteiger partial charge in [-0.05, 0) is 37.8 Å². The average Bonchev–Trinajstić information content (AvgIpc) is 2.79. The van der Waals surface area contributed by atoms with E-state index in [1.807, 2.05) is 29.3 Å². The first kappa shape index (κ1) is 18.7. The van der Waals surface area contributed by atoms with Crippen LogP contribution in [0.1, 0.15) is 43.1 Å². The molecule has 0 bridgehead atoms. The van der Waals surface area contributed by atoms with Gasteiger partial charge in [-0.15, -0.1) is 0 Å². The summed E-state index contributed by atoms with van der Waals surface area (Å²) in [5.41, 5.74) is 0.455. The van der Waals surface area contributed by atoms with Crippen molar-refractivity contribution < 1.29 is 4.79 Å². The van der Waals surface area contributed by atoms with Crippen molar-refractivity contribution >= 4 is 17.5 Å². The van der Waals surface area contributed by atoms with Gasteiger partial charge in [-0.2, -0.15) is 0 Å². The van der Waals surface area contributed by atoms with Crippen molar-refractivity contribution in [1.82, 2.24) is 19.9 Å². The van der Waals surface area contributed by atoms with Crippen molar-refractivity contribution in [3.05, 3.63) is 42.5 Å². The molecular weight excluding hydrogens is 352 g/mol. The van der Waals surface area contributed by atoms with E-state index in [1.165, 1.54) is 6.42 Å². The molecule has 7 nitrogen and oxygen atoms in total. The van der Waals surface area contributed by atoms with E-state index in [1.54, 1.807) is 12.4 Å². The van der Waals surface area contributed by atoms with E-state index in [0.29, 0.717) is 11.7 Å². The third-order valence-electron chi connectivity index (χ3n) is 5.79. The molecule has 1 amide bonds. The molecule has 2 fully saturated rings. The number of carbonyl (C=O) groups is 1. The second kappa shape index (κ2) is 8.54. The third kappa shape index (κ3) is 3.93. The zero-order valence-corrected chi connectivity index (χ0v) is 16.5. The third-order valence-corrected chi connectivity index (χ3v) is 5.79. The highest BCUT2D eigenvalue weighted by Crippen LogP contribution is 2.22. The van der Waals surface area contributed by atoms with Gasteiger partial charge >= 0.3 is 0 Å². The Balaban J connectivity index is 1.38. The molecule has 2 aromatic heterocycles. The maximum absolute atomic E-state index is 12.9. The highest BCUT2D eigenvalue weighted by Gasteiger charge is 2.27. The van der Waals surface area contributed by atoms with E-state index in [4.69, 9.17) is 0 Å². The molecule has 1 unspecified atom stereocenters. The number of anilines is 2. The minimum atomic E-state index is 0.0190. The standard InChI is InChI=1S/C21H28N6O/c1-2-17-7-4-6-10-27(17)21(28)18-15-24-20(16-23-18)26-13-11-25(12-14-26)19-8-3-5-9-22-19/h3,5,8-9,15-17H,2,4,6-7,10-14H2,1H3. The summed E-state index contributed by atoms with van der Waals surface area (Å²) >= 11 is 0. The quantitative estimate of drug-likeness (QED) is 0.812. The largest absolute Gasteiger partial charge is 0.353 e. The Bertz CT molecular complexity index is 773. The smallest absolute Gasteiger partial charge is 0.274 e. The Morgan fingerprint density at radius 3 is 2.39 bits per heavy atom. The molecule has 0 spiro atoms. The molecule has 2 aliphatic rings. The van der Waals surface area contributed by atoms with Crippen LogP contribution in [0.2, 0.25) is 0 Å². The van der Waals surface area contributed by atoms with Gasteiger partial charge in [0.15, 0.2) is 0 Å². The van der Waals surface area contributed by atoms with E-state index in [9.17, 15) is 4.79 Å². The molecule has 28 heavy (non-hydrogen) atoms. The number of carbonyl (C=O) groups excluding carboxylic acids is 1. The first-order valence-electron chi connectivity index (χ1n) is 10.3. The fourth-order valence-electron chi connectivity index (χ4n) is 4.14. The van der Waals surface area contributed by atoms with Crippen LogP contribution in [0.3, 0.4) is 0 Å². The van der Waals surface area contributed by atoms with E-state index < -0.39 is 0 Å². The molecule has 4 heterocycles. The maximum atomic E-state index is 12.9. The Morgan fingerprint density at radius 2 is 1.75 bits per heavy atom. The predicted octanol–water partition coefficient (Wildman–Crippen LogP) is 2.60. The molecule has 1 atom stereocenters. The van der Waals surface area contributed by atoms with Gasteiger partial charge in [0.25, 0.3) is 5.91 Å². The van der Waals surface area contributed by atoms with Gasteiger partial charge in [0.2, 0.25) is 0 Å². The number of pyridine rings is 1. The minimum absolute atomic E-state index is 0.0190. The predicted molar refractivity (Wildman–Crippen MR) is 110 cm³/mol. The van der Waals surface area contributed by atoms with E-state index >= 15 is 0 Å². The Morgan fingerprint density at radius 1 is 0.964 bits per heavy atom. The van der Waals surface area contributed by atoms with E-state index in [0.717, 1.165) is 63.6 Å². The van der Waals surface area contributed by atoms with Gasteiger partial charge in [-0.3, -0.25) is 4.79 Å². The molecular formula is C21H28N6O. The fraction of sp³-hybridized carbons (Fsp3) is 0.524. The topological polar surface area (TPSA) is 65.5 Å². The number of rotatable bonds is 4. The highest BCUT2D eigenvalue weighted by atomic mass is 16.2. The lowest BCUT2D eigenvalue weighted by Crippen LogP contribution is -2.47. The molecule has 4 rings (SSSR count). The molecule has 7 heteroatoms. The number of piperazine rings is 1. The van der Waals surface area contributed by atoms with Crippen molar-refractivity contribution in [2.75, 3.05) is 42.5 Å². The number of hydrogen-bond donors (Lipinski definition) is 0. The molecule has 0 aromatic carbocycles. The van der Waals surface area contributed by atoms with Crippen LogP contribution in [0.15, 0.2) is 36.8 Å². The number of hydrogen-bond acceptors (Lipinski definition) is 6. The van der Waals surface area contributed by atoms with Crippen LogP contribution in [0.25, 0.3) is 0 Å². The summed E-state index contributed by atoms with van der Waals surface area (Å²) < 4.78 is 0. The first-order valence-corrected chi connectivity index (χ1v) is 10.3. The summed E-state index contributed by atoms with van der Waals surface area (Å²) in [5.74, 6) is 1.87. The SMILES string of the molecule is CCC1CCCCN1C(=O)c1cnc(N2CCN(c3ccccn3)CC2)cn1. The number of amides is 1. The van der Waals surface area contributed by atoms with Gasteiger partial charge in [0.1, 0.15) is 17.3 Å². The van der Waals surface area contributed by atoms with Crippen molar-refractivity contribution in [1.29, 1.82) is 0 Å². The first-order chi connectivity index (χ1) is 13.8. The summed E-state index contributed by atoms with van der Waals surface area (Å²) in [7, 11) is 0. The summed E-state index contributed by atoms with van der Waals surface area (Å²) in [6, 6.07) is 6.33. The lowest BCUT2D eigenvalue weighted by Gasteiger charge is -2.36. The van der Waals surface area contributed by atoms with Crippen molar-refractivity contribution in [3.8, 4) is 0 Å². The molecule has 0 N–H and O–H groups in total. The monoisotopic (exact) mass is 380 g/mol. The zero-order valence-electron chi connectivity index (χ0n) is 16.5. The summed E-state index contributed by atoms with van der Waals surface area (Å²) in [4.78, 5) is 32.8. The fourth-order valence-corrected chi connectivity index (χ4v) is 4.14. The zero-order chi connectivity index (χ0) is 19.3. The Labute approximate surface area is 166 Å². The van der Waals surface area contributed by atoms with Crippen LogP contribution in [-0.2, 0) is 0 Å². The highest BCUT2D eigenvalue weighted by molar-refractivity contribution is 5.92. The van der Waals surface area contributed by atoms with Crippen LogP contribution < -0.4 is 9.80 Å². The molecule has 0 saturated carbocycles. The van der Waals surface area contributed by atoms with Crippen LogP contribution in [-0.4, -0.2) is 64.5 Å². The van der Waals surface area contributed by atoms with Gasteiger partial charge in [0.05, 0.1) is 12.4 Å².